The van der Waals surface area contributed by atoms with E-state index in [1.54, 1.807) is 19.2 Å². The molecule has 0 unspecified atom stereocenters. The minimum atomic E-state index is -0.970. The van der Waals surface area contributed by atoms with Crippen LogP contribution >= 0.6 is 0 Å². The summed E-state index contributed by atoms with van der Waals surface area (Å²) in [6.45, 7) is 0. The Labute approximate surface area is 81.3 Å². The molecule has 0 atom stereocenters. The normalized spacial score (nSPS) is 9.50. The Bertz CT molecular complexity index is 359. The Hall–Kier alpha value is -2.04. The number of guanidine groups is 1. The summed E-state index contributed by atoms with van der Waals surface area (Å²) in [6.07, 6.45) is 0. The predicted molar refractivity (Wildman–Crippen MR) is 53.7 cm³/mol. The van der Waals surface area contributed by atoms with Gasteiger partial charge in [0.15, 0.2) is 5.96 Å². The third kappa shape index (κ3) is 2.01. The van der Waals surface area contributed by atoms with Gasteiger partial charge in [-0.1, -0.05) is 0 Å². The van der Waals surface area contributed by atoms with Crippen molar-refractivity contribution in [3.8, 4) is 0 Å². The first kappa shape index (κ1) is 10.0. The van der Waals surface area contributed by atoms with Crippen molar-refractivity contribution in [1.29, 1.82) is 5.41 Å². The fourth-order valence-corrected chi connectivity index (χ4v) is 0.967. The lowest BCUT2D eigenvalue weighted by Crippen LogP contribution is -2.32. The molecule has 0 heterocycles. The van der Waals surface area contributed by atoms with Crippen LogP contribution in [-0.2, 0) is 0 Å². The number of nitrogens with one attached hydrogen (secondary N) is 1. The third-order valence-corrected chi connectivity index (χ3v) is 1.86. The second-order valence-corrected chi connectivity index (χ2v) is 2.80. The fraction of sp³-hybridized carbons (Fsp3) is 0.111. The van der Waals surface area contributed by atoms with E-state index in [9.17, 15) is 4.79 Å². The lowest BCUT2D eigenvalue weighted by molar-refractivity contribution is 0.0697. The summed E-state index contributed by atoms with van der Waals surface area (Å²) < 4.78 is 0. The van der Waals surface area contributed by atoms with Crippen LogP contribution in [-0.4, -0.2) is 24.1 Å². The zero-order chi connectivity index (χ0) is 10.7. The molecule has 1 aromatic carbocycles. The van der Waals surface area contributed by atoms with Crippen LogP contribution in [0.25, 0.3) is 0 Å². The third-order valence-electron chi connectivity index (χ3n) is 1.86. The van der Waals surface area contributed by atoms with E-state index in [1.165, 1.54) is 17.0 Å². The van der Waals surface area contributed by atoms with Crippen LogP contribution in [0, 0.1) is 5.41 Å². The minimum absolute atomic E-state index is 0.0897. The Morgan fingerprint density at radius 3 is 2.29 bits per heavy atom. The first-order valence-electron chi connectivity index (χ1n) is 3.93. The monoisotopic (exact) mass is 193 g/mol. The summed E-state index contributed by atoms with van der Waals surface area (Å²) in [4.78, 5) is 12.0. The summed E-state index contributed by atoms with van der Waals surface area (Å²) in [5, 5.41) is 15.8. The predicted octanol–water partition coefficient (Wildman–Crippen LogP) is 0.714. The molecule has 0 bridgehead atoms. The fourth-order valence-electron chi connectivity index (χ4n) is 0.967. The molecule has 1 rings (SSSR count). The van der Waals surface area contributed by atoms with Gasteiger partial charge in [0, 0.05) is 12.7 Å². The summed E-state index contributed by atoms with van der Waals surface area (Å²) in [6, 6.07) is 6.14. The number of anilines is 1. The van der Waals surface area contributed by atoms with Gasteiger partial charge in [0.25, 0.3) is 0 Å². The van der Waals surface area contributed by atoms with Gasteiger partial charge in [-0.3, -0.25) is 5.41 Å². The van der Waals surface area contributed by atoms with E-state index < -0.39 is 5.97 Å². The summed E-state index contributed by atoms with van der Waals surface area (Å²) in [5.74, 6) is -1.06. The van der Waals surface area contributed by atoms with Crippen molar-refractivity contribution in [2.24, 2.45) is 5.73 Å². The molecule has 0 aromatic heterocycles. The van der Waals surface area contributed by atoms with E-state index in [4.69, 9.17) is 16.2 Å². The highest BCUT2D eigenvalue weighted by Crippen LogP contribution is 2.12. The molecule has 4 N–H and O–H groups in total. The standard InChI is InChI=1S/C9H11N3O2/c1-12(9(10)11)7-4-2-6(3-5-7)8(13)14/h2-5H,1H3,(H3,10,11)(H,13,14). The highest BCUT2D eigenvalue weighted by Gasteiger charge is 2.05. The number of benzene rings is 1. The highest BCUT2D eigenvalue weighted by atomic mass is 16.4. The Balaban J connectivity index is 2.94. The molecule has 5 nitrogen and oxygen atoms in total. The molecule has 1 aromatic rings. The van der Waals surface area contributed by atoms with Gasteiger partial charge in [-0.25, -0.2) is 4.79 Å². The van der Waals surface area contributed by atoms with Gasteiger partial charge >= 0.3 is 5.97 Å². The average molecular weight is 193 g/mol. The molecule has 14 heavy (non-hydrogen) atoms. The van der Waals surface area contributed by atoms with Gasteiger partial charge in [0.2, 0.25) is 0 Å². The summed E-state index contributed by atoms with van der Waals surface area (Å²) >= 11 is 0. The van der Waals surface area contributed by atoms with Crippen molar-refractivity contribution in [2.75, 3.05) is 11.9 Å². The molecule has 5 heteroatoms. The Morgan fingerprint density at radius 1 is 1.43 bits per heavy atom. The zero-order valence-electron chi connectivity index (χ0n) is 7.69. The molecule has 0 fully saturated rings. The van der Waals surface area contributed by atoms with Crippen LogP contribution in [0.4, 0.5) is 5.69 Å². The van der Waals surface area contributed by atoms with Gasteiger partial charge in [0.05, 0.1) is 5.56 Å². The van der Waals surface area contributed by atoms with Crippen molar-refractivity contribution in [3.05, 3.63) is 29.8 Å². The Kier molecular flexibility index (Phi) is 2.71. The van der Waals surface area contributed by atoms with Crippen molar-refractivity contribution in [3.63, 3.8) is 0 Å². The van der Waals surface area contributed by atoms with Crippen LogP contribution < -0.4 is 10.6 Å². The quantitative estimate of drug-likeness (QED) is 0.476. The second-order valence-electron chi connectivity index (χ2n) is 2.80. The zero-order valence-corrected chi connectivity index (χ0v) is 7.69. The number of aromatic carboxylic acids is 1. The summed E-state index contributed by atoms with van der Waals surface area (Å²) in [7, 11) is 1.64. The number of hydrogen-bond acceptors (Lipinski definition) is 2. The number of nitrogens with zero attached hydrogens (tertiary/aromatic N) is 1. The van der Waals surface area contributed by atoms with Gasteiger partial charge in [-0.05, 0) is 24.3 Å². The molecular formula is C9H11N3O2. The highest BCUT2D eigenvalue weighted by molar-refractivity contribution is 5.93. The first-order chi connectivity index (χ1) is 6.52. The van der Waals surface area contributed by atoms with Gasteiger partial charge < -0.3 is 15.7 Å². The molecule has 0 saturated heterocycles. The number of hydrogen-bond donors (Lipinski definition) is 3. The molecule has 74 valence electrons. The lowest BCUT2D eigenvalue weighted by atomic mass is 10.2. The molecule has 0 aliphatic carbocycles. The second kappa shape index (κ2) is 3.78. The van der Waals surface area contributed by atoms with Gasteiger partial charge in [0.1, 0.15) is 0 Å². The number of carboxylic acids is 1. The van der Waals surface area contributed by atoms with Crippen molar-refractivity contribution in [2.45, 2.75) is 0 Å². The van der Waals surface area contributed by atoms with E-state index >= 15 is 0 Å². The van der Waals surface area contributed by atoms with Crippen molar-refractivity contribution >= 4 is 17.6 Å². The molecule has 0 amide bonds. The van der Waals surface area contributed by atoms with Crippen molar-refractivity contribution < 1.29 is 9.90 Å². The van der Waals surface area contributed by atoms with E-state index in [0.717, 1.165) is 0 Å². The largest absolute Gasteiger partial charge is 0.478 e. The molecule has 0 aliphatic rings. The molecule has 0 saturated carbocycles. The lowest BCUT2D eigenvalue weighted by Gasteiger charge is -2.16. The van der Waals surface area contributed by atoms with Gasteiger partial charge in [-0.2, -0.15) is 0 Å². The van der Waals surface area contributed by atoms with Crippen LogP contribution in [0.2, 0.25) is 0 Å². The molecule has 0 spiro atoms. The summed E-state index contributed by atoms with van der Waals surface area (Å²) in [5.41, 5.74) is 6.16. The number of nitrogens with two attached hydrogens (primary N) is 1. The maximum atomic E-state index is 10.5. The SMILES string of the molecule is CN(C(=N)N)c1ccc(C(=O)O)cc1. The van der Waals surface area contributed by atoms with Crippen LogP contribution in [0.1, 0.15) is 10.4 Å². The minimum Gasteiger partial charge on any atom is -0.478 e. The molecule has 0 radical (unpaired) electrons. The van der Waals surface area contributed by atoms with Crippen molar-refractivity contribution in [1.82, 2.24) is 0 Å². The molecular weight excluding hydrogens is 182 g/mol. The van der Waals surface area contributed by atoms with Crippen LogP contribution in [0.15, 0.2) is 24.3 Å². The molecule has 0 aliphatic heterocycles. The van der Waals surface area contributed by atoms with Crippen LogP contribution in [0.5, 0.6) is 0 Å². The number of carbonyl (C=O) groups is 1. The van der Waals surface area contributed by atoms with E-state index in [-0.39, 0.29) is 11.5 Å². The maximum Gasteiger partial charge on any atom is 0.335 e. The number of carboxylic acid groups (broad SMARTS) is 1. The Morgan fingerprint density at radius 2 is 1.93 bits per heavy atom. The number of rotatable bonds is 2. The van der Waals surface area contributed by atoms with Gasteiger partial charge in [-0.15, -0.1) is 0 Å². The maximum absolute atomic E-state index is 10.5. The van der Waals surface area contributed by atoms with E-state index in [1.807, 2.05) is 0 Å². The topological polar surface area (TPSA) is 90.4 Å². The van der Waals surface area contributed by atoms with E-state index in [2.05, 4.69) is 0 Å². The van der Waals surface area contributed by atoms with E-state index in [0.29, 0.717) is 5.69 Å². The first-order valence-corrected chi connectivity index (χ1v) is 3.93. The average Bonchev–Trinajstić information content (AvgIpc) is 2.16. The van der Waals surface area contributed by atoms with Crippen LogP contribution in [0.3, 0.4) is 0 Å². The smallest absolute Gasteiger partial charge is 0.335 e.